The maximum Gasteiger partial charge on any atom is 0.0506 e. The minimum absolute atomic E-state index is 0.282. The fourth-order valence-electron chi connectivity index (χ4n) is 3.65. The number of benzene rings is 1. The zero-order valence-electron chi connectivity index (χ0n) is 13.6. The van der Waals surface area contributed by atoms with Gasteiger partial charge in [-0.3, -0.25) is 0 Å². The third-order valence-corrected chi connectivity index (χ3v) is 4.91. The number of likely N-dealkylation sites (N-methyl/N-ethyl adjacent to an activating group) is 1. The second-order valence-electron chi connectivity index (χ2n) is 6.50. The molecule has 0 radical (unpaired) electrons. The van der Waals surface area contributed by atoms with Crippen LogP contribution in [-0.4, -0.2) is 31.1 Å². The molecule has 112 valence electrons. The van der Waals surface area contributed by atoms with Crippen LogP contribution in [0.4, 0.5) is 0 Å². The van der Waals surface area contributed by atoms with Gasteiger partial charge in [-0.1, -0.05) is 49.6 Å². The molecule has 20 heavy (non-hydrogen) atoms. The van der Waals surface area contributed by atoms with Crippen molar-refractivity contribution in [3.8, 4) is 0 Å². The van der Waals surface area contributed by atoms with Crippen LogP contribution >= 0.6 is 0 Å². The van der Waals surface area contributed by atoms with Crippen molar-refractivity contribution in [3.63, 3.8) is 0 Å². The fourth-order valence-corrected chi connectivity index (χ4v) is 3.65. The summed E-state index contributed by atoms with van der Waals surface area (Å²) in [4.78, 5) is 2.47. The predicted molar refractivity (Wildman–Crippen MR) is 87.1 cm³/mol. The molecule has 2 nitrogen and oxygen atoms in total. The van der Waals surface area contributed by atoms with Gasteiger partial charge in [-0.25, -0.2) is 0 Å². The van der Waals surface area contributed by atoms with E-state index in [-0.39, 0.29) is 5.54 Å². The van der Waals surface area contributed by atoms with Gasteiger partial charge in [-0.15, -0.1) is 0 Å². The average Bonchev–Trinajstić information content (AvgIpc) is 2.92. The Balaban J connectivity index is 2.32. The summed E-state index contributed by atoms with van der Waals surface area (Å²) >= 11 is 0. The van der Waals surface area contributed by atoms with Crippen molar-refractivity contribution in [2.75, 3.05) is 20.6 Å². The second-order valence-corrected chi connectivity index (χ2v) is 6.50. The maximum atomic E-state index is 3.83. The van der Waals surface area contributed by atoms with E-state index in [0.717, 1.165) is 6.54 Å². The lowest BCUT2D eigenvalue weighted by molar-refractivity contribution is 0.104. The first-order valence-corrected chi connectivity index (χ1v) is 8.07. The maximum absolute atomic E-state index is 3.83. The van der Waals surface area contributed by atoms with E-state index >= 15 is 0 Å². The number of hydrogen-bond donors (Lipinski definition) is 1. The standard InChI is InChI=1S/C18H30N2/c1-5-14-19-17(16-10-8-15(2)9-11-16)18(20(3)4)12-6-7-13-18/h8-11,17,19H,5-7,12-14H2,1-4H3. The van der Waals surface area contributed by atoms with Gasteiger partial charge < -0.3 is 10.2 Å². The average molecular weight is 274 g/mol. The number of nitrogens with zero attached hydrogens (tertiary/aromatic N) is 1. The Bertz CT molecular complexity index is 402. The Morgan fingerprint density at radius 3 is 2.25 bits per heavy atom. The number of rotatable bonds is 6. The lowest BCUT2D eigenvalue weighted by Crippen LogP contribution is -2.52. The summed E-state index contributed by atoms with van der Waals surface area (Å²) in [5.74, 6) is 0. The smallest absolute Gasteiger partial charge is 0.0506 e. The van der Waals surface area contributed by atoms with Crippen molar-refractivity contribution in [1.29, 1.82) is 0 Å². The lowest BCUT2D eigenvalue weighted by atomic mass is 9.82. The molecule has 2 rings (SSSR count). The molecule has 0 aliphatic heterocycles. The molecule has 1 aliphatic carbocycles. The fraction of sp³-hybridized carbons (Fsp3) is 0.667. The molecule has 2 heteroatoms. The van der Waals surface area contributed by atoms with E-state index in [1.165, 1.54) is 43.2 Å². The minimum atomic E-state index is 0.282. The lowest BCUT2D eigenvalue weighted by Gasteiger charge is -2.44. The van der Waals surface area contributed by atoms with Crippen molar-refractivity contribution in [2.24, 2.45) is 0 Å². The Morgan fingerprint density at radius 1 is 1.15 bits per heavy atom. The predicted octanol–water partition coefficient (Wildman–Crippen LogP) is 3.91. The molecule has 0 spiro atoms. The molecule has 0 aromatic heterocycles. The molecule has 0 bridgehead atoms. The van der Waals surface area contributed by atoms with Crippen molar-refractivity contribution < 1.29 is 0 Å². The minimum Gasteiger partial charge on any atom is -0.308 e. The summed E-state index contributed by atoms with van der Waals surface area (Å²) in [5, 5.41) is 3.83. The normalized spacial score (nSPS) is 19.4. The Kier molecular flexibility index (Phi) is 5.22. The summed E-state index contributed by atoms with van der Waals surface area (Å²) in [6, 6.07) is 9.56. The van der Waals surface area contributed by atoms with Gasteiger partial charge in [0, 0.05) is 5.54 Å². The van der Waals surface area contributed by atoms with Crippen LogP contribution in [0, 0.1) is 6.92 Å². The van der Waals surface area contributed by atoms with Gasteiger partial charge >= 0.3 is 0 Å². The molecular formula is C18H30N2. The van der Waals surface area contributed by atoms with Crippen LogP contribution in [0.5, 0.6) is 0 Å². The van der Waals surface area contributed by atoms with E-state index in [9.17, 15) is 0 Å². The second kappa shape index (κ2) is 6.73. The van der Waals surface area contributed by atoms with Gasteiger partial charge in [0.25, 0.3) is 0 Å². The molecule has 1 saturated carbocycles. The molecule has 1 N–H and O–H groups in total. The first-order valence-electron chi connectivity index (χ1n) is 8.07. The molecule has 1 unspecified atom stereocenters. The van der Waals surface area contributed by atoms with Crippen molar-refractivity contribution >= 4 is 0 Å². The van der Waals surface area contributed by atoms with Crippen molar-refractivity contribution in [3.05, 3.63) is 35.4 Å². The number of nitrogens with one attached hydrogen (secondary N) is 1. The molecule has 0 heterocycles. The third kappa shape index (κ3) is 3.07. The highest BCUT2D eigenvalue weighted by Gasteiger charge is 2.43. The first kappa shape index (κ1) is 15.5. The highest BCUT2D eigenvalue weighted by molar-refractivity contribution is 5.28. The van der Waals surface area contributed by atoms with Gasteiger partial charge in [0.05, 0.1) is 6.04 Å². The van der Waals surface area contributed by atoms with Crippen LogP contribution in [-0.2, 0) is 0 Å². The summed E-state index contributed by atoms with van der Waals surface area (Å²) in [5.41, 5.74) is 3.07. The quantitative estimate of drug-likeness (QED) is 0.846. The van der Waals surface area contributed by atoms with E-state index in [1.807, 2.05) is 0 Å². The van der Waals surface area contributed by atoms with Gasteiger partial charge in [0.1, 0.15) is 0 Å². The highest BCUT2D eigenvalue weighted by Crippen LogP contribution is 2.43. The van der Waals surface area contributed by atoms with E-state index in [1.54, 1.807) is 0 Å². The van der Waals surface area contributed by atoms with Crippen LogP contribution in [0.1, 0.15) is 56.2 Å². The van der Waals surface area contributed by atoms with Gasteiger partial charge in [0.15, 0.2) is 0 Å². The Hall–Kier alpha value is -0.860. The van der Waals surface area contributed by atoms with Gasteiger partial charge in [-0.2, -0.15) is 0 Å². The van der Waals surface area contributed by atoms with E-state index in [2.05, 4.69) is 62.4 Å². The first-order chi connectivity index (χ1) is 9.60. The van der Waals surface area contributed by atoms with Crippen LogP contribution < -0.4 is 5.32 Å². The highest BCUT2D eigenvalue weighted by atomic mass is 15.2. The van der Waals surface area contributed by atoms with E-state index in [4.69, 9.17) is 0 Å². The molecule has 1 aromatic carbocycles. The molecule has 1 atom stereocenters. The van der Waals surface area contributed by atoms with Crippen LogP contribution in [0.3, 0.4) is 0 Å². The summed E-state index contributed by atoms with van der Waals surface area (Å²) in [6.45, 7) is 5.50. The van der Waals surface area contributed by atoms with Crippen molar-refractivity contribution in [1.82, 2.24) is 10.2 Å². The molecule has 0 saturated heterocycles. The topological polar surface area (TPSA) is 15.3 Å². The molecule has 1 fully saturated rings. The molecular weight excluding hydrogens is 244 g/mol. The SMILES string of the molecule is CCCNC(c1ccc(C)cc1)C1(N(C)C)CCCC1. The number of hydrogen-bond acceptors (Lipinski definition) is 2. The van der Waals surface area contributed by atoms with Crippen molar-refractivity contribution in [2.45, 2.75) is 57.5 Å². The monoisotopic (exact) mass is 274 g/mol. The largest absolute Gasteiger partial charge is 0.308 e. The third-order valence-electron chi connectivity index (χ3n) is 4.91. The summed E-state index contributed by atoms with van der Waals surface area (Å²) in [7, 11) is 4.50. The number of aryl methyl sites for hydroxylation is 1. The molecule has 1 aromatic rings. The zero-order valence-corrected chi connectivity index (χ0v) is 13.6. The molecule has 0 amide bonds. The van der Waals surface area contributed by atoms with Crippen LogP contribution in [0.2, 0.25) is 0 Å². The van der Waals surface area contributed by atoms with E-state index in [0.29, 0.717) is 6.04 Å². The van der Waals surface area contributed by atoms with Gasteiger partial charge in [0.2, 0.25) is 0 Å². The molecule has 1 aliphatic rings. The van der Waals surface area contributed by atoms with Crippen LogP contribution in [0.25, 0.3) is 0 Å². The Labute approximate surface area is 124 Å². The Morgan fingerprint density at radius 2 is 1.75 bits per heavy atom. The van der Waals surface area contributed by atoms with Gasteiger partial charge in [-0.05, 0) is 52.4 Å². The summed E-state index contributed by atoms with van der Waals surface area (Å²) in [6.07, 6.45) is 6.50. The summed E-state index contributed by atoms with van der Waals surface area (Å²) < 4.78 is 0. The van der Waals surface area contributed by atoms with E-state index < -0.39 is 0 Å². The zero-order chi connectivity index (χ0) is 14.6. The van der Waals surface area contributed by atoms with Crippen LogP contribution in [0.15, 0.2) is 24.3 Å².